The van der Waals surface area contributed by atoms with Gasteiger partial charge in [-0.1, -0.05) is 81.4 Å². The van der Waals surface area contributed by atoms with Crippen LogP contribution in [-0.2, 0) is 4.43 Å². The summed E-state index contributed by atoms with van der Waals surface area (Å²) in [5.41, 5.74) is 7.30. The number of thioether (sulfide) groups is 1. The monoisotopic (exact) mass is 523 g/mol. The van der Waals surface area contributed by atoms with Crippen LogP contribution in [-0.4, -0.2) is 39.7 Å². The Morgan fingerprint density at radius 2 is 1.66 bits per heavy atom. The lowest BCUT2D eigenvalue weighted by Gasteiger charge is -2.43. The van der Waals surface area contributed by atoms with E-state index in [0.717, 1.165) is 12.8 Å². The van der Waals surface area contributed by atoms with Gasteiger partial charge in [-0.15, -0.1) is 11.8 Å². The Bertz CT molecular complexity index is 1270. The second kappa shape index (κ2) is 9.58. The fraction of sp³-hybridized carbons (Fsp3) is 0.346. The molecule has 0 amide bonds. The lowest BCUT2D eigenvalue weighted by atomic mass is 10.2. The molecule has 1 saturated heterocycles. The molecular weight excluding hydrogens is 494 g/mol. The van der Waals surface area contributed by atoms with Gasteiger partial charge in [-0.3, -0.25) is 0 Å². The molecule has 5 rings (SSSR count). The number of hydrogen-bond donors (Lipinski definition) is 1. The maximum absolute atomic E-state index is 7.17. The Morgan fingerprint density at radius 3 is 2.26 bits per heavy atom. The van der Waals surface area contributed by atoms with Gasteiger partial charge < -0.3 is 14.7 Å². The third-order valence-electron chi connectivity index (χ3n) is 6.72. The molecule has 6 nitrogen and oxygen atoms in total. The number of fused-ring (bicyclic) bond motifs is 1. The number of anilines is 1. The smallest absolute Gasteiger partial charge is 0.261 e. The number of nitrogen functional groups attached to an aromatic ring is 1. The minimum absolute atomic E-state index is 0.0376. The first-order valence-electron chi connectivity index (χ1n) is 11.9. The second-order valence-corrected chi connectivity index (χ2v) is 16.1. The fourth-order valence-corrected chi connectivity index (χ4v) is 11.4. The van der Waals surface area contributed by atoms with Crippen LogP contribution < -0.4 is 16.1 Å². The van der Waals surface area contributed by atoms with E-state index >= 15 is 0 Å². The van der Waals surface area contributed by atoms with Crippen molar-refractivity contribution in [3.63, 3.8) is 0 Å². The van der Waals surface area contributed by atoms with E-state index in [1.54, 1.807) is 6.33 Å². The highest BCUT2D eigenvalue weighted by Crippen LogP contribution is 2.44. The Kier molecular flexibility index (Phi) is 6.65. The average Bonchev–Trinajstić information content (AvgIpc) is 3.47. The zero-order valence-electron chi connectivity index (χ0n) is 20.2. The molecule has 182 valence electrons. The lowest BCUT2D eigenvalue weighted by Crippen LogP contribution is -2.67. The molecule has 1 aliphatic rings. The number of imidazole rings is 1. The number of halogens is 1. The van der Waals surface area contributed by atoms with Crippen LogP contribution in [0, 0.1) is 0 Å². The van der Waals surface area contributed by atoms with Crippen molar-refractivity contribution in [1.82, 2.24) is 19.5 Å². The Labute approximate surface area is 216 Å². The molecule has 1 aliphatic heterocycles. The molecule has 2 aromatic heterocycles. The maximum Gasteiger partial charge on any atom is 0.261 e. The van der Waals surface area contributed by atoms with Crippen molar-refractivity contribution in [2.45, 2.75) is 49.3 Å². The van der Waals surface area contributed by atoms with Crippen molar-refractivity contribution in [3.05, 3.63) is 72.3 Å². The van der Waals surface area contributed by atoms with E-state index in [2.05, 4.69) is 101 Å². The van der Waals surface area contributed by atoms with Gasteiger partial charge >= 0.3 is 0 Å². The van der Waals surface area contributed by atoms with Crippen LogP contribution in [0.25, 0.3) is 11.2 Å². The quantitative estimate of drug-likeness (QED) is 0.282. The van der Waals surface area contributed by atoms with Crippen molar-refractivity contribution >= 4 is 59.0 Å². The van der Waals surface area contributed by atoms with E-state index in [0.29, 0.717) is 28.8 Å². The van der Waals surface area contributed by atoms with Gasteiger partial charge in [-0.2, -0.15) is 9.97 Å². The molecule has 0 bridgehead atoms. The second-order valence-electron chi connectivity index (χ2n) is 9.97. The normalized spacial score (nSPS) is 18.9. The molecule has 9 heteroatoms. The van der Waals surface area contributed by atoms with Crippen LogP contribution in [0.5, 0.6) is 0 Å². The number of nitrogens with two attached hydrogens (primary N) is 1. The zero-order chi connectivity index (χ0) is 24.6. The zero-order valence-corrected chi connectivity index (χ0v) is 22.8. The molecule has 0 unspecified atom stereocenters. The van der Waals surface area contributed by atoms with Crippen LogP contribution in [0.3, 0.4) is 0 Å². The van der Waals surface area contributed by atoms with Gasteiger partial charge in [0.05, 0.1) is 11.7 Å². The van der Waals surface area contributed by atoms with Gasteiger partial charge in [0.25, 0.3) is 8.32 Å². The highest BCUT2D eigenvalue weighted by Gasteiger charge is 2.50. The van der Waals surface area contributed by atoms with Gasteiger partial charge in [0, 0.05) is 11.9 Å². The molecule has 1 fully saturated rings. The maximum atomic E-state index is 7.17. The number of aromatic nitrogens is 4. The Hall–Kier alpha value is -2.39. The van der Waals surface area contributed by atoms with Gasteiger partial charge in [0.1, 0.15) is 5.52 Å². The van der Waals surface area contributed by atoms with Gasteiger partial charge in [0.15, 0.2) is 11.5 Å². The van der Waals surface area contributed by atoms with Crippen LogP contribution in [0.15, 0.2) is 67.0 Å². The molecule has 3 heterocycles. The summed E-state index contributed by atoms with van der Waals surface area (Å²) in [5.74, 6) is 0.313. The summed E-state index contributed by atoms with van der Waals surface area (Å²) in [5, 5.41) is 3.30. The summed E-state index contributed by atoms with van der Waals surface area (Å²) in [6.45, 7) is 7.64. The van der Waals surface area contributed by atoms with E-state index < -0.39 is 8.32 Å². The lowest BCUT2D eigenvalue weighted by molar-refractivity contribution is 0.295. The first-order valence-corrected chi connectivity index (χ1v) is 15.1. The number of rotatable bonds is 6. The predicted molar refractivity (Wildman–Crippen MR) is 148 cm³/mol. The standard InChI is InChI=1S/C26H30ClN5OSSi/c1-26(2,3)35(19-10-6-4-7-11-19,20-12-8-5-9-13-20)33-16-18-14-15-21(34-18)32-17-29-22-23(28)30-25(27)31-24(22)32/h4-13,17-18,21H,14-16H2,1-3H3,(H2,28,30,31)/t18-,21+/m0/s1. The topological polar surface area (TPSA) is 78.9 Å². The highest BCUT2D eigenvalue weighted by molar-refractivity contribution is 8.00. The van der Waals surface area contributed by atoms with Crippen molar-refractivity contribution in [2.24, 2.45) is 0 Å². The molecular formula is C26H30ClN5OSSi. The Balaban J connectivity index is 1.42. The highest BCUT2D eigenvalue weighted by atomic mass is 35.5. The van der Waals surface area contributed by atoms with E-state index in [9.17, 15) is 0 Å². The SMILES string of the molecule is CC(C)(C)[Si](OC[C@@H]1CC[C@H](n2cnc3c(N)nc(Cl)nc32)S1)(c1ccccc1)c1ccccc1. The summed E-state index contributed by atoms with van der Waals surface area (Å²) in [7, 11) is -2.55. The summed E-state index contributed by atoms with van der Waals surface area (Å²) in [4.78, 5) is 12.9. The van der Waals surface area contributed by atoms with E-state index in [1.165, 1.54) is 10.4 Å². The first kappa shape index (κ1) is 24.3. The minimum Gasteiger partial charge on any atom is -0.406 e. The molecule has 0 radical (unpaired) electrons. The van der Waals surface area contributed by atoms with Crippen molar-refractivity contribution < 1.29 is 4.43 Å². The third kappa shape index (κ3) is 4.48. The average molecular weight is 524 g/mol. The molecule has 2 aromatic carbocycles. The molecule has 0 saturated carbocycles. The van der Waals surface area contributed by atoms with Crippen LogP contribution >= 0.6 is 23.4 Å². The van der Waals surface area contributed by atoms with Crippen LogP contribution in [0.4, 0.5) is 5.82 Å². The van der Waals surface area contributed by atoms with Crippen molar-refractivity contribution in [1.29, 1.82) is 0 Å². The van der Waals surface area contributed by atoms with Gasteiger partial charge in [-0.25, -0.2) is 4.98 Å². The number of hydrogen-bond acceptors (Lipinski definition) is 6. The summed E-state index contributed by atoms with van der Waals surface area (Å²) in [6, 6.07) is 21.6. The summed E-state index contributed by atoms with van der Waals surface area (Å²) < 4.78 is 9.24. The predicted octanol–water partition coefficient (Wildman–Crippen LogP) is 5.03. The van der Waals surface area contributed by atoms with Crippen molar-refractivity contribution in [3.8, 4) is 0 Å². The van der Waals surface area contributed by atoms with Crippen LogP contribution in [0.2, 0.25) is 10.3 Å². The molecule has 0 spiro atoms. The summed E-state index contributed by atoms with van der Waals surface area (Å²) >= 11 is 7.99. The van der Waals surface area contributed by atoms with E-state index in [1.807, 2.05) is 11.8 Å². The molecule has 2 N–H and O–H groups in total. The molecule has 4 aromatic rings. The van der Waals surface area contributed by atoms with Gasteiger partial charge in [0.2, 0.25) is 5.28 Å². The third-order valence-corrected chi connectivity index (χ3v) is 13.4. The van der Waals surface area contributed by atoms with Crippen molar-refractivity contribution in [2.75, 3.05) is 12.3 Å². The molecule has 35 heavy (non-hydrogen) atoms. The van der Waals surface area contributed by atoms with Gasteiger partial charge in [-0.05, 0) is 39.9 Å². The molecule has 0 aliphatic carbocycles. The minimum atomic E-state index is -2.55. The summed E-state index contributed by atoms with van der Waals surface area (Å²) in [6.07, 6.45) is 3.86. The fourth-order valence-electron chi connectivity index (χ4n) is 5.11. The van der Waals surface area contributed by atoms with E-state index in [4.69, 9.17) is 21.8 Å². The largest absolute Gasteiger partial charge is 0.406 e. The number of nitrogens with zero attached hydrogens (tertiary/aromatic N) is 4. The van der Waals surface area contributed by atoms with E-state index in [-0.39, 0.29) is 15.7 Å². The Morgan fingerprint density at radius 1 is 1.03 bits per heavy atom. The first-order chi connectivity index (χ1) is 16.8. The van der Waals surface area contributed by atoms with Crippen LogP contribution in [0.1, 0.15) is 39.0 Å². The molecule has 2 atom stereocenters. The number of benzene rings is 2.